The van der Waals surface area contributed by atoms with Gasteiger partial charge in [-0.15, -0.1) is 0 Å². The molecule has 1 unspecified atom stereocenters. The van der Waals surface area contributed by atoms with Crippen LogP contribution in [0.5, 0.6) is 0 Å². The first-order valence-electron chi connectivity index (χ1n) is 5.95. The van der Waals surface area contributed by atoms with Crippen molar-refractivity contribution in [3.05, 3.63) is 28.8 Å². The van der Waals surface area contributed by atoms with Crippen LogP contribution in [0.3, 0.4) is 0 Å². The predicted octanol–water partition coefficient (Wildman–Crippen LogP) is 2.87. The van der Waals surface area contributed by atoms with Crippen LogP contribution in [0.15, 0.2) is 18.2 Å². The molecule has 0 amide bonds. The van der Waals surface area contributed by atoms with E-state index in [1.165, 1.54) is 11.3 Å². The highest BCUT2D eigenvalue weighted by Gasteiger charge is 2.28. The van der Waals surface area contributed by atoms with Gasteiger partial charge in [0.1, 0.15) is 0 Å². The second kappa shape index (κ2) is 5.07. The maximum Gasteiger partial charge on any atom is 0.0462 e. The summed E-state index contributed by atoms with van der Waals surface area (Å²) in [5, 5.41) is 4.14. The topological polar surface area (TPSA) is 15.3 Å². The lowest BCUT2D eigenvalue weighted by Crippen LogP contribution is -2.22. The fourth-order valence-corrected chi connectivity index (χ4v) is 2.84. The van der Waals surface area contributed by atoms with Gasteiger partial charge in [-0.05, 0) is 44.6 Å². The van der Waals surface area contributed by atoms with Crippen LogP contribution in [0.1, 0.15) is 24.8 Å². The SMILES string of the molecule is CCN1CC(CCNC)c2c(Cl)cccc21. The summed E-state index contributed by atoms with van der Waals surface area (Å²) in [6, 6.07) is 6.24. The molecule has 1 aliphatic rings. The number of likely N-dealkylation sites (N-methyl/N-ethyl adjacent to an activating group) is 1. The second-order valence-corrected chi connectivity index (χ2v) is 4.71. The first-order valence-corrected chi connectivity index (χ1v) is 6.33. The van der Waals surface area contributed by atoms with Crippen molar-refractivity contribution < 1.29 is 0 Å². The standard InChI is InChI=1S/C13H19ClN2/c1-3-16-9-10(7-8-15-2)13-11(14)5-4-6-12(13)16/h4-6,10,15H,3,7-9H2,1-2H3. The zero-order valence-corrected chi connectivity index (χ0v) is 10.7. The number of hydrogen-bond donors (Lipinski definition) is 1. The molecule has 1 heterocycles. The zero-order chi connectivity index (χ0) is 11.5. The molecule has 0 aromatic heterocycles. The van der Waals surface area contributed by atoms with Crippen LogP contribution < -0.4 is 10.2 Å². The molecule has 1 aromatic rings. The van der Waals surface area contributed by atoms with Crippen LogP contribution in [-0.2, 0) is 0 Å². The number of nitrogens with one attached hydrogen (secondary N) is 1. The Kier molecular flexibility index (Phi) is 3.72. The number of fused-ring (bicyclic) bond motifs is 1. The Hall–Kier alpha value is -0.730. The summed E-state index contributed by atoms with van der Waals surface area (Å²) in [6.07, 6.45) is 1.16. The Morgan fingerprint density at radius 3 is 3.00 bits per heavy atom. The highest BCUT2D eigenvalue weighted by molar-refractivity contribution is 6.32. The molecule has 3 heteroatoms. The van der Waals surface area contributed by atoms with Gasteiger partial charge in [0.15, 0.2) is 0 Å². The van der Waals surface area contributed by atoms with Crippen LogP contribution in [0.4, 0.5) is 5.69 Å². The van der Waals surface area contributed by atoms with E-state index in [2.05, 4.69) is 23.2 Å². The van der Waals surface area contributed by atoms with Gasteiger partial charge < -0.3 is 10.2 Å². The molecule has 1 atom stereocenters. The molecular weight excluding hydrogens is 220 g/mol. The molecule has 16 heavy (non-hydrogen) atoms. The summed E-state index contributed by atoms with van der Waals surface area (Å²) in [4.78, 5) is 2.42. The fourth-order valence-electron chi connectivity index (χ4n) is 2.51. The van der Waals surface area contributed by atoms with Crippen LogP contribution in [0.2, 0.25) is 5.02 Å². The molecule has 0 fully saturated rings. The lowest BCUT2D eigenvalue weighted by atomic mass is 9.98. The van der Waals surface area contributed by atoms with Gasteiger partial charge in [-0.2, -0.15) is 0 Å². The molecule has 0 saturated heterocycles. The fraction of sp³-hybridized carbons (Fsp3) is 0.538. The molecule has 0 bridgehead atoms. The van der Waals surface area contributed by atoms with Gasteiger partial charge in [0, 0.05) is 29.7 Å². The summed E-state index contributed by atoms with van der Waals surface area (Å²) < 4.78 is 0. The number of rotatable bonds is 4. The lowest BCUT2D eigenvalue weighted by molar-refractivity contribution is 0.611. The first kappa shape index (κ1) is 11.7. The van der Waals surface area contributed by atoms with Crippen LogP contribution >= 0.6 is 11.6 Å². The Morgan fingerprint density at radius 2 is 2.31 bits per heavy atom. The summed E-state index contributed by atoms with van der Waals surface area (Å²) in [6.45, 7) is 5.42. The van der Waals surface area contributed by atoms with E-state index in [9.17, 15) is 0 Å². The Balaban J connectivity index is 2.28. The number of nitrogens with zero attached hydrogens (tertiary/aromatic N) is 1. The third-order valence-corrected chi connectivity index (χ3v) is 3.67. The van der Waals surface area contributed by atoms with Gasteiger partial charge in [-0.3, -0.25) is 0 Å². The maximum atomic E-state index is 6.32. The Morgan fingerprint density at radius 1 is 1.50 bits per heavy atom. The quantitative estimate of drug-likeness (QED) is 0.868. The van der Waals surface area contributed by atoms with E-state index in [1.807, 2.05) is 19.2 Å². The molecular formula is C13H19ClN2. The Bertz CT molecular complexity index is 365. The smallest absolute Gasteiger partial charge is 0.0462 e. The molecule has 1 N–H and O–H groups in total. The summed E-state index contributed by atoms with van der Waals surface area (Å²) in [5.41, 5.74) is 2.68. The van der Waals surface area contributed by atoms with Crippen molar-refractivity contribution in [2.75, 3.05) is 31.6 Å². The normalized spacial score (nSPS) is 18.9. The first-order chi connectivity index (χ1) is 7.77. The zero-order valence-electron chi connectivity index (χ0n) is 9.96. The average Bonchev–Trinajstić information content (AvgIpc) is 2.66. The summed E-state index contributed by atoms with van der Waals surface area (Å²) in [7, 11) is 2.00. The minimum Gasteiger partial charge on any atom is -0.371 e. The van der Waals surface area contributed by atoms with E-state index in [1.54, 1.807) is 0 Å². The summed E-state index contributed by atoms with van der Waals surface area (Å²) >= 11 is 6.32. The molecule has 0 spiro atoms. The molecule has 1 aliphatic heterocycles. The monoisotopic (exact) mass is 238 g/mol. The minimum atomic E-state index is 0.580. The largest absolute Gasteiger partial charge is 0.371 e. The second-order valence-electron chi connectivity index (χ2n) is 4.30. The number of benzene rings is 1. The molecule has 1 aromatic carbocycles. The molecule has 2 rings (SSSR count). The van der Waals surface area contributed by atoms with Crippen LogP contribution in [0.25, 0.3) is 0 Å². The molecule has 0 saturated carbocycles. The third kappa shape index (κ3) is 2.04. The molecule has 0 aliphatic carbocycles. The molecule has 0 radical (unpaired) electrons. The van der Waals surface area contributed by atoms with Crippen molar-refractivity contribution in [2.45, 2.75) is 19.3 Å². The van der Waals surface area contributed by atoms with E-state index in [4.69, 9.17) is 11.6 Å². The van der Waals surface area contributed by atoms with Crippen molar-refractivity contribution in [3.63, 3.8) is 0 Å². The van der Waals surface area contributed by atoms with Crippen molar-refractivity contribution in [1.29, 1.82) is 0 Å². The summed E-state index contributed by atoms with van der Waals surface area (Å²) in [5.74, 6) is 0.580. The van der Waals surface area contributed by atoms with Gasteiger partial charge in [-0.1, -0.05) is 17.7 Å². The van der Waals surface area contributed by atoms with Crippen molar-refractivity contribution >= 4 is 17.3 Å². The van der Waals surface area contributed by atoms with Crippen molar-refractivity contribution in [2.24, 2.45) is 0 Å². The van der Waals surface area contributed by atoms with E-state index in [0.717, 1.165) is 31.1 Å². The molecule has 88 valence electrons. The lowest BCUT2D eigenvalue weighted by Gasteiger charge is -2.17. The van der Waals surface area contributed by atoms with Gasteiger partial charge in [0.25, 0.3) is 0 Å². The van der Waals surface area contributed by atoms with Gasteiger partial charge in [0.05, 0.1) is 0 Å². The molecule has 2 nitrogen and oxygen atoms in total. The van der Waals surface area contributed by atoms with E-state index >= 15 is 0 Å². The average molecular weight is 239 g/mol. The van der Waals surface area contributed by atoms with E-state index in [0.29, 0.717) is 5.92 Å². The minimum absolute atomic E-state index is 0.580. The van der Waals surface area contributed by atoms with E-state index in [-0.39, 0.29) is 0 Å². The maximum absolute atomic E-state index is 6.32. The number of anilines is 1. The number of halogens is 1. The predicted molar refractivity (Wildman–Crippen MR) is 70.6 cm³/mol. The van der Waals surface area contributed by atoms with Gasteiger partial charge in [0.2, 0.25) is 0 Å². The van der Waals surface area contributed by atoms with Gasteiger partial charge in [-0.25, -0.2) is 0 Å². The van der Waals surface area contributed by atoms with Crippen LogP contribution in [0, 0.1) is 0 Å². The van der Waals surface area contributed by atoms with Crippen molar-refractivity contribution in [3.8, 4) is 0 Å². The van der Waals surface area contributed by atoms with Crippen LogP contribution in [-0.4, -0.2) is 26.7 Å². The van der Waals surface area contributed by atoms with Gasteiger partial charge >= 0.3 is 0 Å². The Labute approximate surface area is 103 Å². The number of hydrogen-bond acceptors (Lipinski definition) is 2. The third-order valence-electron chi connectivity index (χ3n) is 3.34. The van der Waals surface area contributed by atoms with E-state index < -0.39 is 0 Å². The van der Waals surface area contributed by atoms with Crippen molar-refractivity contribution in [1.82, 2.24) is 5.32 Å². The highest BCUT2D eigenvalue weighted by atomic mass is 35.5. The highest BCUT2D eigenvalue weighted by Crippen LogP contribution is 2.41.